The van der Waals surface area contributed by atoms with Crippen molar-refractivity contribution < 1.29 is 9.15 Å². The molecule has 1 heterocycles. The van der Waals surface area contributed by atoms with Crippen LogP contribution in [0.4, 0.5) is 0 Å². The van der Waals surface area contributed by atoms with E-state index < -0.39 is 0 Å². The van der Waals surface area contributed by atoms with Crippen LogP contribution in [0.3, 0.4) is 0 Å². The second-order valence-corrected chi connectivity index (χ2v) is 3.73. The molecule has 0 spiro atoms. The molecule has 0 saturated heterocycles. The molecule has 0 bridgehead atoms. The van der Waals surface area contributed by atoms with Crippen LogP contribution in [0, 0.1) is 6.92 Å². The lowest BCUT2D eigenvalue weighted by Gasteiger charge is -2.00. The van der Waals surface area contributed by atoms with E-state index in [1.165, 1.54) is 6.42 Å². The van der Waals surface area contributed by atoms with Crippen molar-refractivity contribution in [2.24, 2.45) is 0 Å². The Morgan fingerprint density at radius 3 is 2.93 bits per heavy atom. The van der Waals surface area contributed by atoms with Gasteiger partial charge in [-0.3, -0.25) is 0 Å². The molecule has 0 amide bonds. The molecule has 86 valence electrons. The first-order chi connectivity index (χ1) is 7.27. The highest BCUT2D eigenvalue weighted by Gasteiger charge is 2.06. The van der Waals surface area contributed by atoms with Crippen LogP contribution in [0.1, 0.15) is 36.8 Å². The minimum absolute atomic E-state index is 0.666. The van der Waals surface area contributed by atoms with Gasteiger partial charge in [-0.1, -0.05) is 13.3 Å². The van der Waals surface area contributed by atoms with Gasteiger partial charge in [0.1, 0.15) is 11.5 Å². The molecule has 1 aromatic heterocycles. The third-order valence-electron chi connectivity index (χ3n) is 2.32. The lowest BCUT2D eigenvalue weighted by molar-refractivity contribution is 0.117. The third-order valence-corrected chi connectivity index (χ3v) is 2.32. The Labute approximate surface area is 91.8 Å². The predicted octanol–water partition coefficient (Wildman–Crippen LogP) is 2.62. The Balaban J connectivity index is 2.39. The van der Waals surface area contributed by atoms with Crippen molar-refractivity contribution in [1.82, 2.24) is 5.32 Å². The monoisotopic (exact) mass is 211 g/mol. The highest BCUT2D eigenvalue weighted by Crippen LogP contribution is 2.15. The summed E-state index contributed by atoms with van der Waals surface area (Å²) in [6.07, 6.45) is 2.30. The predicted molar refractivity (Wildman–Crippen MR) is 60.8 cm³/mol. The Bertz CT molecular complexity index is 281. The van der Waals surface area contributed by atoms with Crippen molar-refractivity contribution >= 4 is 0 Å². The van der Waals surface area contributed by atoms with Gasteiger partial charge in [-0.05, 0) is 26.5 Å². The summed E-state index contributed by atoms with van der Waals surface area (Å²) in [4.78, 5) is 0. The number of rotatable bonds is 7. The SMILES string of the molecule is CCCCOCc1cc(CNC)oc1C. The van der Waals surface area contributed by atoms with Crippen molar-refractivity contribution in [1.29, 1.82) is 0 Å². The minimum atomic E-state index is 0.666. The fraction of sp³-hybridized carbons (Fsp3) is 0.667. The van der Waals surface area contributed by atoms with Crippen LogP contribution in [0.25, 0.3) is 0 Å². The van der Waals surface area contributed by atoms with Crippen molar-refractivity contribution in [3.05, 3.63) is 23.2 Å². The number of nitrogens with one attached hydrogen (secondary N) is 1. The molecule has 1 aromatic rings. The number of ether oxygens (including phenoxy) is 1. The molecule has 0 aliphatic carbocycles. The van der Waals surface area contributed by atoms with E-state index in [1.807, 2.05) is 14.0 Å². The van der Waals surface area contributed by atoms with Gasteiger partial charge in [-0.2, -0.15) is 0 Å². The molecule has 0 atom stereocenters. The van der Waals surface area contributed by atoms with E-state index in [2.05, 4.69) is 18.3 Å². The Kier molecular flexibility index (Phi) is 5.43. The fourth-order valence-corrected chi connectivity index (χ4v) is 1.42. The summed E-state index contributed by atoms with van der Waals surface area (Å²) in [5, 5.41) is 3.07. The fourth-order valence-electron chi connectivity index (χ4n) is 1.42. The van der Waals surface area contributed by atoms with E-state index in [0.29, 0.717) is 6.61 Å². The molecule has 3 heteroatoms. The summed E-state index contributed by atoms with van der Waals surface area (Å²) < 4.78 is 11.1. The summed E-state index contributed by atoms with van der Waals surface area (Å²) in [6, 6.07) is 2.07. The van der Waals surface area contributed by atoms with E-state index in [-0.39, 0.29) is 0 Å². The maximum absolute atomic E-state index is 5.57. The molecule has 15 heavy (non-hydrogen) atoms. The number of aryl methyl sites for hydroxylation is 1. The quantitative estimate of drug-likeness (QED) is 0.704. The molecule has 0 radical (unpaired) electrons. The standard InChI is InChI=1S/C12H21NO2/c1-4-5-6-14-9-11-7-12(8-13-3)15-10(11)2/h7,13H,4-6,8-9H2,1-3H3. The second-order valence-electron chi connectivity index (χ2n) is 3.73. The van der Waals surface area contributed by atoms with E-state index in [1.54, 1.807) is 0 Å². The Morgan fingerprint density at radius 2 is 2.27 bits per heavy atom. The van der Waals surface area contributed by atoms with Gasteiger partial charge in [0.05, 0.1) is 13.2 Å². The van der Waals surface area contributed by atoms with Crippen molar-refractivity contribution in [3.8, 4) is 0 Å². The normalized spacial score (nSPS) is 10.9. The maximum Gasteiger partial charge on any atom is 0.118 e. The molecule has 0 aromatic carbocycles. The highest BCUT2D eigenvalue weighted by atomic mass is 16.5. The van der Waals surface area contributed by atoms with Crippen LogP contribution >= 0.6 is 0 Å². The van der Waals surface area contributed by atoms with Gasteiger partial charge in [-0.15, -0.1) is 0 Å². The Morgan fingerprint density at radius 1 is 1.47 bits per heavy atom. The molecule has 1 N–H and O–H groups in total. The number of hydrogen-bond acceptors (Lipinski definition) is 3. The van der Waals surface area contributed by atoms with Gasteiger partial charge in [0, 0.05) is 12.2 Å². The van der Waals surface area contributed by atoms with Gasteiger partial charge in [0.15, 0.2) is 0 Å². The van der Waals surface area contributed by atoms with Gasteiger partial charge in [0.25, 0.3) is 0 Å². The molecule has 0 aliphatic heterocycles. The van der Waals surface area contributed by atoms with Crippen LogP contribution < -0.4 is 5.32 Å². The summed E-state index contributed by atoms with van der Waals surface area (Å²) in [7, 11) is 1.91. The molecule has 1 rings (SSSR count). The minimum Gasteiger partial charge on any atom is -0.465 e. The van der Waals surface area contributed by atoms with Crippen molar-refractivity contribution in [2.45, 2.75) is 39.8 Å². The number of furan rings is 1. The zero-order valence-corrected chi connectivity index (χ0v) is 9.93. The largest absolute Gasteiger partial charge is 0.465 e. The zero-order chi connectivity index (χ0) is 11.1. The molecular formula is C12H21NO2. The highest BCUT2D eigenvalue weighted by molar-refractivity contribution is 5.19. The summed E-state index contributed by atoms with van der Waals surface area (Å²) in [5.74, 6) is 1.95. The van der Waals surface area contributed by atoms with Crippen LogP contribution in [0.15, 0.2) is 10.5 Å². The molecule has 0 aliphatic rings. The van der Waals surface area contributed by atoms with Gasteiger partial charge >= 0.3 is 0 Å². The van der Waals surface area contributed by atoms with Crippen LogP contribution in [0.5, 0.6) is 0 Å². The summed E-state index contributed by atoms with van der Waals surface area (Å²) in [5.41, 5.74) is 1.16. The first kappa shape index (κ1) is 12.3. The first-order valence-electron chi connectivity index (χ1n) is 5.58. The smallest absolute Gasteiger partial charge is 0.118 e. The van der Waals surface area contributed by atoms with Crippen LogP contribution in [0.2, 0.25) is 0 Å². The topological polar surface area (TPSA) is 34.4 Å². The second kappa shape index (κ2) is 6.64. The average molecular weight is 211 g/mol. The van der Waals surface area contributed by atoms with E-state index in [0.717, 1.165) is 36.7 Å². The van der Waals surface area contributed by atoms with E-state index >= 15 is 0 Å². The van der Waals surface area contributed by atoms with Crippen LogP contribution in [-0.4, -0.2) is 13.7 Å². The van der Waals surface area contributed by atoms with E-state index in [4.69, 9.17) is 9.15 Å². The zero-order valence-electron chi connectivity index (χ0n) is 9.93. The summed E-state index contributed by atoms with van der Waals surface area (Å²) in [6.45, 7) is 6.42. The van der Waals surface area contributed by atoms with Crippen LogP contribution in [-0.2, 0) is 17.9 Å². The molecule has 0 saturated carbocycles. The summed E-state index contributed by atoms with van der Waals surface area (Å²) >= 11 is 0. The molecular weight excluding hydrogens is 190 g/mol. The maximum atomic E-state index is 5.57. The third kappa shape index (κ3) is 4.06. The molecule has 3 nitrogen and oxygen atoms in total. The molecule has 0 fully saturated rings. The van der Waals surface area contributed by atoms with Crippen molar-refractivity contribution in [3.63, 3.8) is 0 Å². The lowest BCUT2D eigenvalue weighted by Crippen LogP contribution is -2.03. The van der Waals surface area contributed by atoms with Gasteiger partial charge in [0.2, 0.25) is 0 Å². The number of unbranched alkanes of at least 4 members (excludes halogenated alkanes) is 1. The lowest BCUT2D eigenvalue weighted by atomic mass is 10.2. The van der Waals surface area contributed by atoms with Crippen molar-refractivity contribution in [2.75, 3.05) is 13.7 Å². The Hall–Kier alpha value is -0.800. The average Bonchev–Trinajstić information content (AvgIpc) is 2.55. The first-order valence-corrected chi connectivity index (χ1v) is 5.58. The number of hydrogen-bond donors (Lipinski definition) is 1. The van der Waals surface area contributed by atoms with Gasteiger partial charge < -0.3 is 14.5 Å². The molecule has 0 unspecified atom stereocenters. The van der Waals surface area contributed by atoms with Gasteiger partial charge in [-0.25, -0.2) is 0 Å². The van der Waals surface area contributed by atoms with E-state index in [9.17, 15) is 0 Å².